The number of aromatic amines is 1. The molecule has 1 aliphatic rings. The summed E-state index contributed by atoms with van der Waals surface area (Å²) >= 11 is 0. The van der Waals surface area contributed by atoms with Crippen LogP contribution in [0, 0.1) is 0 Å². The Labute approximate surface area is 123 Å². The smallest absolute Gasteiger partial charge is 0.248 e. The summed E-state index contributed by atoms with van der Waals surface area (Å²) in [7, 11) is 0. The molecule has 110 valence electrons. The average Bonchev–Trinajstić information content (AvgIpc) is 3.02. The van der Waals surface area contributed by atoms with Crippen LogP contribution in [-0.4, -0.2) is 32.5 Å². The zero-order chi connectivity index (χ0) is 14.7. The number of amides is 1. The number of piperidine rings is 1. The van der Waals surface area contributed by atoms with Gasteiger partial charge in [-0.15, -0.1) is 0 Å². The first kappa shape index (κ1) is 13.8. The summed E-state index contributed by atoms with van der Waals surface area (Å²) in [5.41, 5.74) is 7.00. The molecular weight excluding hydrogens is 266 g/mol. The van der Waals surface area contributed by atoms with E-state index in [-0.39, 0.29) is 11.9 Å². The monoisotopic (exact) mass is 285 g/mol. The van der Waals surface area contributed by atoms with E-state index < -0.39 is 0 Å². The second-order valence-corrected chi connectivity index (χ2v) is 5.42. The van der Waals surface area contributed by atoms with Gasteiger partial charge < -0.3 is 5.73 Å². The maximum atomic E-state index is 11.3. The molecule has 1 saturated heterocycles. The number of benzene rings is 1. The number of aromatic nitrogens is 3. The topological polar surface area (TPSA) is 87.9 Å². The van der Waals surface area contributed by atoms with Crippen LogP contribution in [0.25, 0.3) is 0 Å². The van der Waals surface area contributed by atoms with Crippen molar-refractivity contribution in [2.45, 2.75) is 31.8 Å². The predicted molar refractivity (Wildman–Crippen MR) is 78.3 cm³/mol. The lowest BCUT2D eigenvalue weighted by Gasteiger charge is -2.34. The van der Waals surface area contributed by atoms with E-state index in [0.29, 0.717) is 5.56 Å². The molecule has 0 radical (unpaired) electrons. The normalized spacial score (nSPS) is 19.5. The van der Waals surface area contributed by atoms with Gasteiger partial charge in [0.2, 0.25) is 5.91 Å². The van der Waals surface area contributed by atoms with E-state index in [1.54, 1.807) is 12.4 Å². The van der Waals surface area contributed by atoms with Crippen molar-refractivity contribution in [2.24, 2.45) is 5.73 Å². The van der Waals surface area contributed by atoms with Crippen LogP contribution in [0.4, 0.5) is 0 Å². The van der Waals surface area contributed by atoms with Crippen LogP contribution >= 0.6 is 0 Å². The molecule has 1 unspecified atom stereocenters. The van der Waals surface area contributed by atoms with Gasteiger partial charge in [-0.25, -0.2) is 4.98 Å². The molecule has 1 atom stereocenters. The number of carbonyl (C=O) groups is 1. The van der Waals surface area contributed by atoms with Gasteiger partial charge >= 0.3 is 0 Å². The summed E-state index contributed by atoms with van der Waals surface area (Å²) in [6.45, 7) is 1.80. The molecule has 3 N–H and O–H groups in total. The van der Waals surface area contributed by atoms with Crippen LogP contribution in [0.15, 0.2) is 30.6 Å². The fraction of sp³-hybridized carbons (Fsp3) is 0.400. The number of carbonyl (C=O) groups excluding carboxylic acids is 1. The number of hydrogen-bond donors (Lipinski definition) is 2. The highest BCUT2D eigenvalue weighted by molar-refractivity contribution is 5.92. The molecule has 1 aromatic heterocycles. The summed E-state index contributed by atoms with van der Waals surface area (Å²) in [5.74, 6) is 0.531. The van der Waals surface area contributed by atoms with E-state index in [1.165, 1.54) is 12.8 Å². The highest BCUT2D eigenvalue weighted by atomic mass is 16.1. The maximum Gasteiger partial charge on any atom is 0.248 e. The third kappa shape index (κ3) is 3.11. The Bertz CT molecular complexity index is 610. The molecule has 0 bridgehead atoms. The third-order valence-electron chi connectivity index (χ3n) is 3.96. The van der Waals surface area contributed by atoms with Gasteiger partial charge in [0, 0.05) is 12.1 Å². The quantitative estimate of drug-likeness (QED) is 0.893. The van der Waals surface area contributed by atoms with Crippen molar-refractivity contribution in [1.82, 2.24) is 20.1 Å². The molecule has 3 rings (SSSR count). The van der Waals surface area contributed by atoms with Gasteiger partial charge in [0.15, 0.2) is 0 Å². The highest BCUT2D eigenvalue weighted by Crippen LogP contribution is 2.29. The molecule has 1 aliphatic heterocycles. The number of hydrogen-bond acceptors (Lipinski definition) is 4. The minimum atomic E-state index is -0.387. The maximum absolute atomic E-state index is 11.3. The minimum Gasteiger partial charge on any atom is -0.366 e. The van der Waals surface area contributed by atoms with Crippen molar-refractivity contribution in [3.05, 3.63) is 47.5 Å². The predicted octanol–water partition coefficient (Wildman–Crippen LogP) is 1.63. The molecular formula is C15H19N5O. The van der Waals surface area contributed by atoms with E-state index in [0.717, 1.165) is 30.9 Å². The van der Waals surface area contributed by atoms with Crippen molar-refractivity contribution in [3.63, 3.8) is 0 Å². The fourth-order valence-corrected chi connectivity index (χ4v) is 2.92. The van der Waals surface area contributed by atoms with E-state index in [4.69, 9.17) is 5.73 Å². The third-order valence-corrected chi connectivity index (χ3v) is 3.96. The first-order valence-corrected chi connectivity index (χ1v) is 7.22. The van der Waals surface area contributed by atoms with Gasteiger partial charge in [-0.1, -0.05) is 18.6 Å². The number of nitrogens with zero attached hydrogens (tertiary/aromatic N) is 3. The highest BCUT2D eigenvalue weighted by Gasteiger charge is 2.26. The molecule has 6 nitrogen and oxygen atoms in total. The number of nitrogens with one attached hydrogen (secondary N) is 1. The Hall–Kier alpha value is -2.21. The molecule has 2 heterocycles. The molecule has 1 amide bonds. The zero-order valence-corrected chi connectivity index (χ0v) is 11.8. The number of H-pyrrole nitrogens is 1. The summed E-state index contributed by atoms with van der Waals surface area (Å²) in [4.78, 5) is 18.0. The lowest BCUT2D eigenvalue weighted by molar-refractivity contribution is 0.0999. The van der Waals surface area contributed by atoms with Crippen LogP contribution in [0.2, 0.25) is 0 Å². The first-order chi connectivity index (χ1) is 10.2. The van der Waals surface area contributed by atoms with Gasteiger partial charge in [-0.3, -0.25) is 14.8 Å². The average molecular weight is 285 g/mol. The molecule has 1 fully saturated rings. The molecule has 6 heteroatoms. The second-order valence-electron chi connectivity index (χ2n) is 5.42. The standard InChI is InChI=1S/C15H19N5O/c16-14(21)12-5-3-4-11(8-12)9-20-7-2-1-6-13(20)15-17-10-18-19-15/h3-5,8,10,13H,1-2,6-7,9H2,(H2,16,21)(H,17,18,19). The Balaban J connectivity index is 1.78. The van der Waals surface area contributed by atoms with Gasteiger partial charge in [0.25, 0.3) is 0 Å². The summed E-state index contributed by atoms with van der Waals surface area (Å²) in [6.07, 6.45) is 5.00. The Kier molecular flexibility index (Phi) is 3.96. The summed E-state index contributed by atoms with van der Waals surface area (Å²) < 4.78 is 0. The minimum absolute atomic E-state index is 0.262. The van der Waals surface area contributed by atoms with Gasteiger partial charge in [0.05, 0.1) is 6.04 Å². The van der Waals surface area contributed by atoms with E-state index >= 15 is 0 Å². The van der Waals surface area contributed by atoms with Crippen molar-refractivity contribution in [1.29, 1.82) is 0 Å². The Morgan fingerprint density at radius 3 is 3.10 bits per heavy atom. The van der Waals surface area contributed by atoms with Crippen molar-refractivity contribution >= 4 is 5.91 Å². The number of primary amides is 1. The SMILES string of the molecule is NC(=O)c1cccc(CN2CCCCC2c2ncn[nH]2)c1. The number of rotatable bonds is 4. The molecule has 0 spiro atoms. The van der Waals surface area contributed by atoms with Crippen molar-refractivity contribution in [2.75, 3.05) is 6.54 Å². The van der Waals surface area contributed by atoms with Gasteiger partial charge in [-0.2, -0.15) is 5.10 Å². The molecule has 2 aromatic rings. The summed E-state index contributed by atoms with van der Waals surface area (Å²) in [6, 6.07) is 7.78. The van der Waals surface area contributed by atoms with Crippen LogP contribution in [0.1, 0.15) is 47.1 Å². The van der Waals surface area contributed by atoms with Crippen LogP contribution in [-0.2, 0) is 6.54 Å². The van der Waals surface area contributed by atoms with Crippen molar-refractivity contribution in [3.8, 4) is 0 Å². The molecule has 1 aromatic carbocycles. The second kappa shape index (κ2) is 6.05. The van der Waals surface area contributed by atoms with Gasteiger partial charge in [-0.05, 0) is 37.1 Å². The molecule has 0 saturated carbocycles. The zero-order valence-electron chi connectivity index (χ0n) is 11.8. The number of likely N-dealkylation sites (tertiary alicyclic amines) is 1. The van der Waals surface area contributed by atoms with E-state index in [2.05, 4.69) is 20.1 Å². The Morgan fingerprint density at radius 2 is 2.33 bits per heavy atom. The van der Waals surface area contributed by atoms with Gasteiger partial charge in [0.1, 0.15) is 12.2 Å². The lowest BCUT2D eigenvalue weighted by atomic mass is 10.00. The molecule has 0 aliphatic carbocycles. The van der Waals surface area contributed by atoms with Crippen LogP contribution in [0.3, 0.4) is 0 Å². The van der Waals surface area contributed by atoms with E-state index in [1.807, 2.05) is 18.2 Å². The largest absolute Gasteiger partial charge is 0.366 e. The lowest BCUT2D eigenvalue weighted by Crippen LogP contribution is -2.33. The number of nitrogens with two attached hydrogens (primary N) is 1. The van der Waals surface area contributed by atoms with Crippen LogP contribution < -0.4 is 5.73 Å². The Morgan fingerprint density at radius 1 is 1.43 bits per heavy atom. The summed E-state index contributed by atoms with van der Waals surface area (Å²) in [5, 5.41) is 6.93. The first-order valence-electron chi connectivity index (χ1n) is 7.22. The van der Waals surface area contributed by atoms with Crippen molar-refractivity contribution < 1.29 is 4.79 Å². The molecule has 21 heavy (non-hydrogen) atoms. The van der Waals surface area contributed by atoms with Crippen LogP contribution in [0.5, 0.6) is 0 Å². The van der Waals surface area contributed by atoms with E-state index in [9.17, 15) is 4.79 Å². The fourth-order valence-electron chi connectivity index (χ4n) is 2.92.